The number of ether oxygens (including phenoxy) is 1. The predicted molar refractivity (Wildman–Crippen MR) is 38.9 cm³/mol. The molecular formula is C7H11NO2. The fourth-order valence-corrected chi connectivity index (χ4v) is 0.325. The molecule has 0 aromatic carbocycles. The molecule has 56 valence electrons. The van der Waals surface area contributed by atoms with Crippen LogP contribution in [0, 0.1) is 0 Å². The van der Waals surface area contributed by atoms with E-state index in [4.69, 9.17) is 5.73 Å². The van der Waals surface area contributed by atoms with Gasteiger partial charge in [-0.05, 0) is 13.8 Å². The number of nitrogens with two attached hydrogens (primary N) is 1. The molecule has 0 rings (SSSR count). The Hall–Kier alpha value is -1.25. The van der Waals surface area contributed by atoms with Crippen molar-refractivity contribution in [3.8, 4) is 0 Å². The number of hydrogen-bond acceptors (Lipinski definition) is 3. The minimum atomic E-state index is -0.449. The maximum Gasteiger partial charge on any atom is 0.340 e. The fourth-order valence-electron chi connectivity index (χ4n) is 0.325. The van der Waals surface area contributed by atoms with Gasteiger partial charge in [0.05, 0.1) is 11.8 Å². The smallest absolute Gasteiger partial charge is 0.340 e. The second-order valence-electron chi connectivity index (χ2n) is 1.88. The van der Waals surface area contributed by atoms with E-state index in [1.165, 1.54) is 0 Å². The van der Waals surface area contributed by atoms with Crippen molar-refractivity contribution in [1.29, 1.82) is 0 Å². The minimum absolute atomic E-state index is 0.417. The normalized spacial score (nSPS) is 11.8. The highest BCUT2D eigenvalue weighted by Crippen LogP contribution is 1.99. The lowest BCUT2D eigenvalue weighted by Gasteiger charge is -1.99. The van der Waals surface area contributed by atoms with Gasteiger partial charge in [-0.1, -0.05) is 6.58 Å². The first-order chi connectivity index (χ1) is 4.59. The number of carbonyl (C=O) groups is 1. The Kier molecular flexibility index (Phi) is 3.25. The Morgan fingerprint density at radius 1 is 1.60 bits per heavy atom. The topological polar surface area (TPSA) is 52.3 Å². The summed E-state index contributed by atoms with van der Waals surface area (Å²) in [4.78, 5) is 10.8. The van der Waals surface area contributed by atoms with Gasteiger partial charge in [-0.25, -0.2) is 4.79 Å². The Balaban J connectivity index is 4.22. The molecule has 0 heterocycles. The van der Waals surface area contributed by atoms with E-state index in [2.05, 4.69) is 11.3 Å². The van der Waals surface area contributed by atoms with Crippen LogP contribution in [0.1, 0.15) is 13.8 Å². The van der Waals surface area contributed by atoms with Crippen molar-refractivity contribution in [2.45, 2.75) is 13.8 Å². The lowest BCUT2D eigenvalue weighted by atomic mass is 10.2. The van der Waals surface area contributed by atoms with Crippen LogP contribution in [0.2, 0.25) is 0 Å². The molecule has 0 saturated heterocycles. The van der Waals surface area contributed by atoms with Crippen LogP contribution in [0.4, 0.5) is 0 Å². The minimum Gasteiger partial charge on any atom is -0.432 e. The maximum atomic E-state index is 10.8. The first-order valence-electron chi connectivity index (χ1n) is 2.84. The molecule has 0 atom stereocenters. The van der Waals surface area contributed by atoms with Crippen LogP contribution in [0.3, 0.4) is 0 Å². The lowest BCUT2D eigenvalue weighted by Crippen LogP contribution is -2.07. The van der Waals surface area contributed by atoms with E-state index >= 15 is 0 Å². The van der Waals surface area contributed by atoms with Crippen LogP contribution < -0.4 is 5.73 Å². The summed E-state index contributed by atoms with van der Waals surface area (Å²) in [5, 5.41) is 0. The van der Waals surface area contributed by atoms with Crippen molar-refractivity contribution < 1.29 is 9.53 Å². The fraction of sp³-hybridized carbons (Fsp3) is 0.286. The quantitative estimate of drug-likeness (QED) is 0.353. The molecule has 0 unspecified atom stereocenters. The number of allylic oxidation sites excluding steroid dienone is 1. The summed E-state index contributed by atoms with van der Waals surface area (Å²) in [5.41, 5.74) is 6.19. The molecule has 0 aliphatic heterocycles. The van der Waals surface area contributed by atoms with E-state index in [9.17, 15) is 4.79 Å². The second-order valence-corrected chi connectivity index (χ2v) is 1.88. The van der Waals surface area contributed by atoms with E-state index in [1.54, 1.807) is 13.8 Å². The highest BCUT2D eigenvalue weighted by Gasteiger charge is 2.04. The molecule has 0 aliphatic carbocycles. The van der Waals surface area contributed by atoms with Gasteiger partial charge in [0.25, 0.3) is 0 Å². The summed E-state index contributed by atoms with van der Waals surface area (Å²) >= 11 is 0. The van der Waals surface area contributed by atoms with Gasteiger partial charge in [0, 0.05) is 5.70 Å². The zero-order chi connectivity index (χ0) is 8.15. The third-order valence-electron chi connectivity index (χ3n) is 1.09. The van der Waals surface area contributed by atoms with Crippen molar-refractivity contribution in [1.82, 2.24) is 0 Å². The van der Waals surface area contributed by atoms with Gasteiger partial charge >= 0.3 is 5.97 Å². The predicted octanol–water partition coefficient (Wildman–Crippen LogP) is 0.926. The van der Waals surface area contributed by atoms with Gasteiger partial charge in [0.15, 0.2) is 0 Å². The molecule has 0 bridgehead atoms. The summed E-state index contributed by atoms with van der Waals surface area (Å²) in [7, 11) is 0. The Morgan fingerprint density at radius 2 is 2.10 bits per heavy atom. The summed E-state index contributed by atoms with van der Waals surface area (Å²) in [6, 6.07) is 0. The van der Waals surface area contributed by atoms with Crippen molar-refractivity contribution in [3.63, 3.8) is 0 Å². The summed E-state index contributed by atoms with van der Waals surface area (Å²) in [6.45, 7) is 6.47. The van der Waals surface area contributed by atoms with Gasteiger partial charge in [-0.15, -0.1) is 0 Å². The highest BCUT2D eigenvalue weighted by molar-refractivity contribution is 5.88. The first kappa shape index (κ1) is 8.75. The van der Waals surface area contributed by atoms with Crippen LogP contribution in [0.25, 0.3) is 0 Å². The monoisotopic (exact) mass is 141 g/mol. The molecule has 10 heavy (non-hydrogen) atoms. The highest BCUT2D eigenvalue weighted by atomic mass is 16.5. The number of hydrogen-bond donors (Lipinski definition) is 1. The number of esters is 1. The van der Waals surface area contributed by atoms with Gasteiger partial charge in [-0.2, -0.15) is 0 Å². The average Bonchev–Trinajstić information content (AvgIpc) is 1.87. The van der Waals surface area contributed by atoms with Gasteiger partial charge in [0.2, 0.25) is 0 Å². The molecule has 0 aromatic rings. The third kappa shape index (κ3) is 2.35. The molecule has 2 N–H and O–H groups in total. The van der Waals surface area contributed by atoms with Gasteiger partial charge in [0.1, 0.15) is 0 Å². The number of carbonyl (C=O) groups excluding carboxylic acids is 1. The SMILES string of the molecule is C=COC(=O)C(C)=C(C)N. The molecule has 3 heteroatoms. The molecule has 3 nitrogen and oxygen atoms in total. The Labute approximate surface area is 60.2 Å². The van der Waals surface area contributed by atoms with Crippen LogP contribution >= 0.6 is 0 Å². The molecular weight excluding hydrogens is 130 g/mol. The van der Waals surface area contributed by atoms with Crippen LogP contribution in [0.5, 0.6) is 0 Å². The van der Waals surface area contributed by atoms with Crippen molar-refractivity contribution in [3.05, 3.63) is 24.1 Å². The van der Waals surface area contributed by atoms with Crippen molar-refractivity contribution in [2.75, 3.05) is 0 Å². The molecule has 0 fully saturated rings. The molecule has 0 radical (unpaired) electrons. The largest absolute Gasteiger partial charge is 0.432 e. The lowest BCUT2D eigenvalue weighted by molar-refractivity contribution is -0.133. The maximum absolute atomic E-state index is 10.8. The van der Waals surface area contributed by atoms with E-state index in [1.807, 2.05) is 0 Å². The van der Waals surface area contributed by atoms with Gasteiger partial charge in [-0.3, -0.25) is 0 Å². The summed E-state index contributed by atoms with van der Waals surface area (Å²) < 4.78 is 4.45. The van der Waals surface area contributed by atoms with Gasteiger partial charge < -0.3 is 10.5 Å². The Morgan fingerprint density at radius 3 is 2.40 bits per heavy atom. The molecule has 0 spiro atoms. The summed E-state index contributed by atoms with van der Waals surface area (Å²) in [6.07, 6.45) is 1.08. The zero-order valence-electron chi connectivity index (χ0n) is 6.18. The van der Waals surface area contributed by atoms with Crippen LogP contribution in [-0.2, 0) is 9.53 Å². The van der Waals surface area contributed by atoms with E-state index in [0.717, 1.165) is 6.26 Å². The Bertz CT molecular complexity index is 178. The van der Waals surface area contributed by atoms with Crippen molar-refractivity contribution in [2.24, 2.45) is 5.73 Å². The first-order valence-corrected chi connectivity index (χ1v) is 2.84. The molecule has 0 saturated carbocycles. The molecule has 0 amide bonds. The zero-order valence-corrected chi connectivity index (χ0v) is 6.18. The average molecular weight is 141 g/mol. The summed E-state index contributed by atoms with van der Waals surface area (Å²) in [5.74, 6) is -0.449. The standard InChI is InChI=1S/C7H11NO2/c1-4-10-7(9)5(2)6(3)8/h4H,1,8H2,2-3H3. The second kappa shape index (κ2) is 3.71. The molecule has 0 aromatic heterocycles. The van der Waals surface area contributed by atoms with Crippen LogP contribution in [0.15, 0.2) is 24.1 Å². The third-order valence-corrected chi connectivity index (χ3v) is 1.09. The van der Waals surface area contributed by atoms with E-state index < -0.39 is 5.97 Å². The van der Waals surface area contributed by atoms with Crippen molar-refractivity contribution >= 4 is 5.97 Å². The van der Waals surface area contributed by atoms with Crippen LogP contribution in [-0.4, -0.2) is 5.97 Å². The number of rotatable bonds is 2. The molecule has 0 aliphatic rings. The van der Waals surface area contributed by atoms with E-state index in [0.29, 0.717) is 11.3 Å². The van der Waals surface area contributed by atoms with E-state index in [-0.39, 0.29) is 0 Å².